The molecule has 57 heavy (non-hydrogen) atoms. The Balaban J connectivity index is 4.69. The first kappa shape index (κ1) is 54.2. The second kappa shape index (κ2) is 41.4. The van der Waals surface area contributed by atoms with E-state index < -0.39 is 11.9 Å². The third-order valence-electron chi connectivity index (χ3n) is 10.9. The Kier molecular flexibility index (Phi) is 39.4. The largest absolute Gasteiger partial charge is 0.370 e. The van der Waals surface area contributed by atoms with Gasteiger partial charge in [0, 0.05) is 25.7 Å². The molecule has 0 saturated carbocycles. The highest BCUT2D eigenvalue weighted by molar-refractivity contribution is 6.04. The van der Waals surface area contributed by atoms with Crippen molar-refractivity contribution >= 4 is 29.5 Å². The van der Waals surface area contributed by atoms with Crippen molar-refractivity contribution in [2.45, 2.75) is 258 Å². The topological polar surface area (TPSA) is 127 Å². The van der Waals surface area contributed by atoms with Gasteiger partial charge in [-0.05, 0) is 84.0 Å². The third-order valence-corrected chi connectivity index (χ3v) is 10.9. The van der Waals surface area contributed by atoms with E-state index in [9.17, 15) is 24.0 Å². The Labute approximate surface area is 350 Å². The Hall–Kier alpha value is -2.77. The van der Waals surface area contributed by atoms with Crippen LogP contribution in [0.25, 0.3) is 0 Å². The summed E-state index contributed by atoms with van der Waals surface area (Å²) in [7, 11) is 0. The number of imide groups is 2. The molecule has 0 aromatic carbocycles. The zero-order valence-electron chi connectivity index (χ0n) is 37.4. The molecule has 0 saturated heterocycles. The summed E-state index contributed by atoms with van der Waals surface area (Å²) in [5, 5.41) is 2.45. The number of carbonyl (C=O) groups is 5. The highest BCUT2D eigenvalue weighted by atomic mass is 16.2. The lowest BCUT2D eigenvalue weighted by atomic mass is 10.1. The van der Waals surface area contributed by atoms with E-state index in [2.05, 4.69) is 43.5 Å². The molecule has 0 aliphatic heterocycles. The van der Waals surface area contributed by atoms with Gasteiger partial charge in [0.05, 0.1) is 0 Å². The first-order chi connectivity index (χ1) is 27.7. The number of nitrogens with zero attached hydrogens (tertiary/aromatic N) is 1. The SMILES string of the molecule is CCCCCCCC/C=C\CCCCCCCC(=O)N(C(=O)CCCCCCC/C=C\CCCCCCCC)C(C)C(=O)NC(=O)CCCCCCCCC(N)=O. The van der Waals surface area contributed by atoms with E-state index in [0.717, 1.165) is 101 Å². The summed E-state index contributed by atoms with van der Waals surface area (Å²) in [6.45, 7) is 6.06. The van der Waals surface area contributed by atoms with Crippen molar-refractivity contribution < 1.29 is 24.0 Å². The molecule has 0 spiro atoms. The number of nitrogens with one attached hydrogen (secondary N) is 1. The summed E-state index contributed by atoms with van der Waals surface area (Å²) >= 11 is 0. The highest BCUT2D eigenvalue weighted by Gasteiger charge is 2.31. The molecule has 5 amide bonds. The van der Waals surface area contributed by atoms with Crippen molar-refractivity contribution in [3.63, 3.8) is 0 Å². The summed E-state index contributed by atoms with van der Waals surface area (Å²) in [5.41, 5.74) is 5.19. The predicted octanol–water partition coefficient (Wildman–Crippen LogP) is 13.1. The molecule has 3 N–H and O–H groups in total. The van der Waals surface area contributed by atoms with Crippen molar-refractivity contribution in [3.05, 3.63) is 24.3 Å². The lowest BCUT2D eigenvalue weighted by molar-refractivity contribution is -0.152. The van der Waals surface area contributed by atoms with E-state index in [1.54, 1.807) is 6.92 Å². The van der Waals surface area contributed by atoms with Crippen LogP contribution in [0.4, 0.5) is 0 Å². The van der Waals surface area contributed by atoms with Crippen LogP contribution >= 0.6 is 0 Å². The molecule has 0 rings (SSSR count). The molecule has 0 radical (unpaired) electrons. The van der Waals surface area contributed by atoms with Crippen LogP contribution < -0.4 is 11.1 Å². The van der Waals surface area contributed by atoms with Gasteiger partial charge >= 0.3 is 0 Å². The maximum Gasteiger partial charge on any atom is 0.249 e. The maximum atomic E-state index is 13.5. The van der Waals surface area contributed by atoms with Crippen LogP contribution in [-0.2, 0) is 24.0 Å². The Bertz CT molecular complexity index is 1020. The predicted molar refractivity (Wildman–Crippen MR) is 239 cm³/mol. The number of rotatable bonds is 41. The van der Waals surface area contributed by atoms with E-state index in [1.807, 2.05) is 0 Å². The lowest BCUT2D eigenvalue weighted by Gasteiger charge is -2.27. The van der Waals surface area contributed by atoms with E-state index in [0.29, 0.717) is 25.7 Å². The monoisotopic (exact) mass is 800 g/mol. The first-order valence-corrected chi connectivity index (χ1v) is 24.0. The van der Waals surface area contributed by atoms with Crippen molar-refractivity contribution in [1.29, 1.82) is 0 Å². The van der Waals surface area contributed by atoms with Crippen LogP contribution in [0, 0.1) is 0 Å². The Morgan fingerprint density at radius 3 is 1.09 bits per heavy atom. The summed E-state index contributed by atoms with van der Waals surface area (Å²) in [6.07, 6.45) is 45.7. The van der Waals surface area contributed by atoms with Crippen LogP contribution in [0.1, 0.15) is 252 Å². The minimum atomic E-state index is -1.04. The number of hydrogen-bond acceptors (Lipinski definition) is 5. The zero-order chi connectivity index (χ0) is 42.0. The summed E-state index contributed by atoms with van der Waals surface area (Å²) < 4.78 is 0. The lowest BCUT2D eigenvalue weighted by Crippen LogP contribution is -2.51. The average Bonchev–Trinajstić information content (AvgIpc) is 3.18. The molecule has 330 valence electrons. The molecule has 0 aromatic heterocycles. The van der Waals surface area contributed by atoms with Crippen molar-refractivity contribution in [2.24, 2.45) is 5.73 Å². The Morgan fingerprint density at radius 1 is 0.439 bits per heavy atom. The van der Waals surface area contributed by atoms with Gasteiger partial charge in [0.15, 0.2) is 0 Å². The fraction of sp³-hybridized carbons (Fsp3) is 0.816. The van der Waals surface area contributed by atoms with Crippen LogP contribution in [-0.4, -0.2) is 40.5 Å². The quantitative estimate of drug-likeness (QED) is 0.0470. The molecule has 8 nitrogen and oxygen atoms in total. The van der Waals surface area contributed by atoms with Crippen LogP contribution in [0.2, 0.25) is 0 Å². The van der Waals surface area contributed by atoms with E-state index in [4.69, 9.17) is 5.73 Å². The number of hydrogen-bond donors (Lipinski definition) is 2. The summed E-state index contributed by atoms with van der Waals surface area (Å²) in [6, 6.07) is -1.04. The first-order valence-electron chi connectivity index (χ1n) is 24.0. The fourth-order valence-corrected chi connectivity index (χ4v) is 7.22. The van der Waals surface area contributed by atoms with Crippen molar-refractivity contribution in [1.82, 2.24) is 10.2 Å². The molecular weight excluding hydrogens is 711 g/mol. The number of carbonyl (C=O) groups excluding carboxylic acids is 5. The van der Waals surface area contributed by atoms with E-state index >= 15 is 0 Å². The number of nitrogens with two attached hydrogens (primary N) is 1. The average molecular weight is 800 g/mol. The molecule has 0 aliphatic rings. The minimum absolute atomic E-state index is 0.214. The van der Waals surface area contributed by atoms with E-state index in [-0.39, 0.29) is 42.9 Å². The maximum absolute atomic E-state index is 13.5. The fourth-order valence-electron chi connectivity index (χ4n) is 7.22. The van der Waals surface area contributed by atoms with Gasteiger partial charge in [-0.25, -0.2) is 0 Å². The van der Waals surface area contributed by atoms with Gasteiger partial charge in [-0.3, -0.25) is 34.2 Å². The summed E-state index contributed by atoms with van der Waals surface area (Å²) in [4.78, 5) is 64.7. The number of amides is 5. The molecule has 0 aliphatic carbocycles. The molecule has 0 aromatic rings. The van der Waals surface area contributed by atoms with Gasteiger partial charge in [0.25, 0.3) is 0 Å². The molecule has 1 atom stereocenters. The van der Waals surface area contributed by atoms with Crippen LogP contribution in [0.3, 0.4) is 0 Å². The molecule has 0 fully saturated rings. The number of allylic oxidation sites excluding steroid dienone is 4. The van der Waals surface area contributed by atoms with Crippen LogP contribution in [0.15, 0.2) is 24.3 Å². The second-order valence-corrected chi connectivity index (χ2v) is 16.5. The van der Waals surface area contributed by atoms with Gasteiger partial charge in [-0.2, -0.15) is 0 Å². The second-order valence-electron chi connectivity index (χ2n) is 16.5. The molecule has 8 heteroatoms. The van der Waals surface area contributed by atoms with E-state index in [1.165, 1.54) is 89.9 Å². The Morgan fingerprint density at radius 2 is 0.737 bits per heavy atom. The smallest absolute Gasteiger partial charge is 0.249 e. The zero-order valence-corrected chi connectivity index (χ0v) is 37.4. The number of primary amides is 1. The van der Waals surface area contributed by atoms with Gasteiger partial charge in [-0.1, -0.05) is 167 Å². The standard InChI is InChI=1S/C49H89N3O5/c1-4-6-8-10-12-14-16-18-20-22-24-26-28-34-38-42-47(55)52(44(3)49(57)51-46(54)41-37-33-31-30-32-36-40-45(50)53)48(56)43-39-35-29-27-25-23-21-19-17-15-13-11-9-7-5-2/h18-21,44H,4-17,22-43H2,1-3H3,(H2,50,53)(H,51,54,57)/b20-18-,21-19-. The third kappa shape index (κ3) is 36.1. The number of unbranched alkanes of at least 4 members (excludes halogenated alkanes) is 27. The highest BCUT2D eigenvalue weighted by Crippen LogP contribution is 2.16. The van der Waals surface area contributed by atoms with Crippen molar-refractivity contribution in [3.8, 4) is 0 Å². The van der Waals surface area contributed by atoms with Gasteiger partial charge in [-0.15, -0.1) is 0 Å². The van der Waals surface area contributed by atoms with Crippen molar-refractivity contribution in [2.75, 3.05) is 0 Å². The molecule has 1 unspecified atom stereocenters. The summed E-state index contributed by atoms with van der Waals surface area (Å²) in [5.74, 6) is -1.90. The van der Waals surface area contributed by atoms with Crippen LogP contribution in [0.5, 0.6) is 0 Å². The molecule has 0 heterocycles. The molecular formula is C49H89N3O5. The van der Waals surface area contributed by atoms with Gasteiger partial charge in [0.1, 0.15) is 6.04 Å². The molecule has 0 bridgehead atoms. The minimum Gasteiger partial charge on any atom is -0.370 e. The van der Waals surface area contributed by atoms with Gasteiger partial charge in [0.2, 0.25) is 29.5 Å². The normalized spacial score (nSPS) is 12.1. The van der Waals surface area contributed by atoms with Gasteiger partial charge < -0.3 is 5.73 Å².